The van der Waals surface area contributed by atoms with Crippen LogP contribution in [0.25, 0.3) is 22.2 Å². The highest BCUT2D eigenvalue weighted by Crippen LogP contribution is 2.39. The van der Waals surface area contributed by atoms with E-state index in [1.807, 2.05) is 28.7 Å². The summed E-state index contributed by atoms with van der Waals surface area (Å²) in [6.07, 6.45) is 9.29. The molecule has 1 saturated heterocycles. The second-order valence-electron chi connectivity index (χ2n) is 12.5. The van der Waals surface area contributed by atoms with E-state index in [1.54, 1.807) is 0 Å². The summed E-state index contributed by atoms with van der Waals surface area (Å²) in [7, 11) is -5.42. The molecule has 2 atom stereocenters. The van der Waals surface area contributed by atoms with E-state index in [0.29, 0.717) is 19.6 Å². The van der Waals surface area contributed by atoms with Crippen molar-refractivity contribution in [1.82, 2.24) is 19.6 Å². The number of benzene rings is 1. The molecule has 4 rings (SSSR count). The first-order chi connectivity index (χ1) is 19.2. The van der Waals surface area contributed by atoms with E-state index in [-0.39, 0.29) is 24.0 Å². The molecule has 0 bridgehead atoms. The second kappa shape index (κ2) is 12.9. The minimum Gasteiger partial charge on any atom is -0.543 e. The Morgan fingerprint density at radius 1 is 1.20 bits per heavy atom. The van der Waals surface area contributed by atoms with Crippen molar-refractivity contribution in [3.8, 4) is 17.0 Å². The topological polar surface area (TPSA) is 107 Å². The van der Waals surface area contributed by atoms with Crippen molar-refractivity contribution in [1.29, 1.82) is 0 Å². The standard InChI is InChI=1S/C29H46N4O6SSi/c1-22(36-17-10-18-38-40(5,34)35)14-15-32-21-23(20-30-32)28-25-19-24(39-41(6,7)29(2,3)4)12-13-26(25)33(31-28)27-11-8-9-16-37-27/h12-13,19-22,27H,8-11,14-18H2,1-7H3. The molecule has 1 fully saturated rings. The van der Waals surface area contributed by atoms with Crippen LogP contribution in [0.5, 0.6) is 5.75 Å². The van der Waals surface area contributed by atoms with Gasteiger partial charge in [-0.25, -0.2) is 4.68 Å². The molecule has 0 radical (unpaired) electrons. The first kappa shape index (κ1) is 31.7. The van der Waals surface area contributed by atoms with Gasteiger partial charge in [0.1, 0.15) is 11.4 Å². The lowest BCUT2D eigenvalue weighted by molar-refractivity contribution is -0.0365. The number of fused-ring (bicyclic) bond motifs is 1. The van der Waals surface area contributed by atoms with E-state index in [9.17, 15) is 8.42 Å². The molecular weight excluding hydrogens is 560 g/mol. The van der Waals surface area contributed by atoms with Gasteiger partial charge in [-0.05, 0) is 75.4 Å². The van der Waals surface area contributed by atoms with E-state index in [1.165, 1.54) is 0 Å². The zero-order valence-corrected chi connectivity index (χ0v) is 27.4. The molecule has 2 aromatic heterocycles. The molecule has 3 heterocycles. The molecule has 0 saturated carbocycles. The molecular formula is C29H46N4O6SSi. The maximum atomic E-state index is 11.1. The molecule has 0 N–H and O–H groups in total. The maximum Gasteiger partial charge on any atom is 0.264 e. The van der Waals surface area contributed by atoms with Gasteiger partial charge in [0.15, 0.2) is 6.23 Å². The van der Waals surface area contributed by atoms with Crippen LogP contribution in [0.4, 0.5) is 0 Å². The van der Waals surface area contributed by atoms with Gasteiger partial charge in [0, 0.05) is 36.9 Å². The number of hydrogen-bond donors (Lipinski definition) is 0. The largest absolute Gasteiger partial charge is 0.543 e. The summed E-state index contributed by atoms with van der Waals surface area (Å²) in [5, 5.41) is 10.8. The van der Waals surface area contributed by atoms with Crippen molar-refractivity contribution < 1.29 is 26.5 Å². The van der Waals surface area contributed by atoms with Crippen molar-refractivity contribution in [3.05, 3.63) is 30.6 Å². The number of hydrogen-bond acceptors (Lipinski definition) is 8. The third kappa shape index (κ3) is 8.41. The second-order valence-corrected chi connectivity index (χ2v) is 18.9. The van der Waals surface area contributed by atoms with Crippen molar-refractivity contribution in [3.63, 3.8) is 0 Å². The SMILES string of the molecule is CC(CCn1cc(-c2nn(C3CCCCO3)c3ccc(O[Si](C)(C)C(C)(C)C)cc23)cn1)OCCCOS(C)(=O)=O. The molecule has 1 aromatic carbocycles. The predicted molar refractivity (Wildman–Crippen MR) is 163 cm³/mol. The Balaban J connectivity index is 1.50. The van der Waals surface area contributed by atoms with Gasteiger partial charge < -0.3 is 13.9 Å². The number of aryl methyl sites for hydroxylation is 1. The molecule has 228 valence electrons. The summed E-state index contributed by atoms with van der Waals surface area (Å²) >= 11 is 0. The third-order valence-corrected chi connectivity index (χ3v) is 12.9. The van der Waals surface area contributed by atoms with Gasteiger partial charge in [-0.3, -0.25) is 8.86 Å². The van der Waals surface area contributed by atoms with Gasteiger partial charge in [0.2, 0.25) is 8.32 Å². The highest BCUT2D eigenvalue weighted by molar-refractivity contribution is 7.85. The number of nitrogens with zero attached hydrogens (tertiary/aromatic N) is 4. The first-order valence-electron chi connectivity index (χ1n) is 14.6. The van der Waals surface area contributed by atoms with E-state index < -0.39 is 18.4 Å². The van der Waals surface area contributed by atoms with Crippen LogP contribution < -0.4 is 4.43 Å². The fraction of sp³-hybridized carbons (Fsp3) is 0.655. The van der Waals surface area contributed by atoms with Gasteiger partial charge in [0.25, 0.3) is 10.1 Å². The van der Waals surface area contributed by atoms with Crippen LogP contribution in [-0.2, 0) is 30.3 Å². The Hall–Kier alpha value is -2.25. The molecule has 0 spiro atoms. The lowest BCUT2D eigenvalue weighted by atomic mass is 10.1. The fourth-order valence-electron chi connectivity index (χ4n) is 4.54. The van der Waals surface area contributed by atoms with Crippen molar-refractivity contribution >= 4 is 29.3 Å². The quantitative estimate of drug-likeness (QED) is 0.130. The van der Waals surface area contributed by atoms with Crippen LogP contribution in [0.2, 0.25) is 18.1 Å². The summed E-state index contributed by atoms with van der Waals surface area (Å²) in [6.45, 7) is 15.3. The average Bonchev–Trinajstić information content (AvgIpc) is 3.51. The Morgan fingerprint density at radius 3 is 2.66 bits per heavy atom. The normalized spacial score (nSPS) is 17.7. The Kier molecular flexibility index (Phi) is 10.0. The van der Waals surface area contributed by atoms with Crippen molar-refractivity contribution in [2.45, 2.75) is 96.8 Å². The number of ether oxygens (including phenoxy) is 2. The van der Waals surface area contributed by atoms with Crippen molar-refractivity contribution in [2.24, 2.45) is 0 Å². The molecule has 12 heteroatoms. The first-order valence-corrected chi connectivity index (χ1v) is 19.3. The lowest BCUT2D eigenvalue weighted by Gasteiger charge is -2.36. The highest BCUT2D eigenvalue weighted by atomic mass is 32.2. The summed E-state index contributed by atoms with van der Waals surface area (Å²) in [5.74, 6) is 0.870. The summed E-state index contributed by atoms with van der Waals surface area (Å²) in [6, 6.07) is 6.29. The Morgan fingerprint density at radius 2 is 1.98 bits per heavy atom. The van der Waals surface area contributed by atoms with Crippen LogP contribution in [0.15, 0.2) is 30.6 Å². The minimum atomic E-state index is -3.41. The van der Waals surface area contributed by atoms with Gasteiger partial charge in [-0.15, -0.1) is 0 Å². The summed E-state index contributed by atoms with van der Waals surface area (Å²) < 4.78 is 49.4. The van der Waals surface area contributed by atoms with E-state index >= 15 is 0 Å². The van der Waals surface area contributed by atoms with Gasteiger partial charge in [-0.1, -0.05) is 20.8 Å². The zero-order chi connectivity index (χ0) is 29.8. The van der Waals surface area contributed by atoms with Crippen LogP contribution in [0.1, 0.15) is 66.0 Å². The maximum absolute atomic E-state index is 11.1. The molecule has 0 aliphatic carbocycles. The van der Waals surface area contributed by atoms with Crippen LogP contribution in [-0.4, -0.2) is 68.5 Å². The lowest BCUT2D eigenvalue weighted by Crippen LogP contribution is -2.43. The van der Waals surface area contributed by atoms with Crippen molar-refractivity contribution in [2.75, 3.05) is 26.1 Å². The monoisotopic (exact) mass is 606 g/mol. The molecule has 1 aliphatic rings. The summed E-state index contributed by atoms with van der Waals surface area (Å²) in [5.41, 5.74) is 2.85. The third-order valence-electron chi connectivity index (χ3n) is 7.95. The van der Waals surface area contributed by atoms with E-state index in [0.717, 1.165) is 66.5 Å². The Labute approximate surface area is 245 Å². The van der Waals surface area contributed by atoms with Crippen LogP contribution in [0.3, 0.4) is 0 Å². The van der Waals surface area contributed by atoms with E-state index in [4.69, 9.17) is 23.2 Å². The predicted octanol–water partition coefficient (Wildman–Crippen LogP) is 6.14. The van der Waals surface area contributed by atoms with Gasteiger partial charge >= 0.3 is 0 Å². The van der Waals surface area contributed by atoms with E-state index in [2.05, 4.69) is 57.2 Å². The van der Waals surface area contributed by atoms with Crippen LogP contribution in [0, 0.1) is 0 Å². The molecule has 2 unspecified atom stereocenters. The zero-order valence-electron chi connectivity index (χ0n) is 25.6. The van der Waals surface area contributed by atoms with Gasteiger partial charge in [-0.2, -0.15) is 18.6 Å². The van der Waals surface area contributed by atoms with Crippen LogP contribution >= 0.6 is 0 Å². The minimum absolute atomic E-state index is 0.000540. The van der Waals surface area contributed by atoms with Gasteiger partial charge in [0.05, 0.1) is 30.7 Å². The highest BCUT2D eigenvalue weighted by Gasteiger charge is 2.39. The molecule has 1 aliphatic heterocycles. The smallest absolute Gasteiger partial charge is 0.264 e. The summed E-state index contributed by atoms with van der Waals surface area (Å²) in [4.78, 5) is 0. The number of aromatic nitrogens is 4. The molecule has 10 nitrogen and oxygen atoms in total. The fourth-order valence-corrected chi connectivity index (χ4v) is 5.98. The molecule has 3 aromatic rings. The molecule has 0 amide bonds. The Bertz CT molecular complexity index is 1410. The number of rotatable bonds is 13. The average molecular weight is 607 g/mol. The molecule has 41 heavy (non-hydrogen) atoms.